The quantitative estimate of drug-likeness (QED) is 0.705. The van der Waals surface area contributed by atoms with Crippen LogP contribution in [0.15, 0.2) is 53.1 Å². The van der Waals surface area contributed by atoms with Gasteiger partial charge in [-0.3, -0.25) is 0 Å². The number of hydrogen-bond acceptors (Lipinski definition) is 3. The molecule has 0 aliphatic carbocycles. The lowest BCUT2D eigenvalue weighted by Crippen LogP contribution is -1.92. The van der Waals surface area contributed by atoms with E-state index in [1.807, 2.05) is 24.3 Å². The van der Waals surface area contributed by atoms with Crippen LogP contribution in [-0.2, 0) is 0 Å². The number of aromatic nitrogens is 2. The molecule has 0 spiro atoms. The molecule has 0 unspecified atom stereocenters. The summed E-state index contributed by atoms with van der Waals surface area (Å²) in [6.07, 6.45) is 1.66. The zero-order chi connectivity index (χ0) is 13.2. The average molecular weight is 319 g/mol. The molecule has 0 bridgehead atoms. The highest BCUT2D eigenvalue weighted by molar-refractivity contribution is 9.10. The Morgan fingerprint density at radius 1 is 1.11 bits per heavy atom. The van der Waals surface area contributed by atoms with E-state index in [-0.39, 0.29) is 5.82 Å². The van der Waals surface area contributed by atoms with E-state index in [1.165, 1.54) is 6.07 Å². The lowest BCUT2D eigenvalue weighted by Gasteiger charge is -2.07. The molecule has 3 aromatic rings. The molecule has 1 heterocycles. The molecule has 0 N–H and O–H groups in total. The van der Waals surface area contributed by atoms with Gasteiger partial charge in [0.05, 0.1) is 10.7 Å². The van der Waals surface area contributed by atoms with Gasteiger partial charge in [0.25, 0.3) is 0 Å². The molecule has 19 heavy (non-hydrogen) atoms. The molecule has 0 amide bonds. The number of fused-ring (bicyclic) bond motifs is 1. The number of halogens is 2. The lowest BCUT2D eigenvalue weighted by molar-refractivity contribution is 0.457. The van der Waals surface area contributed by atoms with E-state index in [4.69, 9.17) is 4.74 Å². The molecule has 0 saturated heterocycles. The SMILES string of the molecule is Fc1cc(Oc2nncc3ccccc23)ccc1Br. The third kappa shape index (κ3) is 2.42. The van der Waals surface area contributed by atoms with Crippen molar-refractivity contribution >= 4 is 26.7 Å². The largest absolute Gasteiger partial charge is 0.437 e. The number of ether oxygens (including phenoxy) is 1. The second-order valence-electron chi connectivity index (χ2n) is 3.91. The fraction of sp³-hybridized carbons (Fsp3) is 0. The van der Waals surface area contributed by atoms with Gasteiger partial charge in [0.15, 0.2) is 0 Å². The summed E-state index contributed by atoms with van der Waals surface area (Å²) in [5, 5.41) is 9.57. The Balaban J connectivity index is 2.03. The number of benzene rings is 2. The monoisotopic (exact) mass is 318 g/mol. The van der Waals surface area contributed by atoms with E-state index in [0.717, 1.165) is 10.8 Å². The minimum absolute atomic E-state index is 0.361. The third-order valence-electron chi connectivity index (χ3n) is 2.64. The molecule has 0 aliphatic heterocycles. The van der Waals surface area contributed by atoms with E-state index >= 15 is 0 Å². The summed E-state index contributed by atoms with van der Waals surface area (Å²) >= 11 is 3.10. The molecule has 94 valence electrons. The summed E-state index contributed by atoms with van der Waals surface area (Å²) in [4.78, 5) is 0. The van der Waals surface area contributed by atoms with Crippen molar-refractivity contribution in [1.29, 1.82) is 0 Å². The van der Waals surface area contributed by atoms with Crippen LogP contribution in [0.3, 0.4) is 0 Å². The van der Waals surface area contributed by atoms with Gasteiger partial charge in [-0.25, -0.2) is 4.39 Å². The number of hydrogen-bond donors (Lipinski definition) is 0. The Hall–Kier alpha value is -2.01. The van der Waals surface area contributed by atoms with Crippen molar-refractivity contribution in [3.63, 3.8) is 0 Å². The highest BCUT2D eigenvalue weighted by Gasteiger charge is 2.07. The Bertz CT molecular complexity index is 743. The first kappa shape index (κ1) is 12.0. The van der Waals surface area contributed by atoms with Gasteiger partial charge in [-0.15, -0.1) is 5.10 Å². The summed E-state index contributed by atoms with van der Waals surface area (Å²) in [5.74, 6) is 0.358. The topological polar surface area (TPSA) is 35.0 Å². The van der Waals surface area contributed by atoms with Crippen molar-refractivity contribution in [2.75, 3.05) is 0 Å². The predicted octanol–water partition coefficient (Wildman–Crippen LogP) is 4.32. The Kier molecular flexibility index (Phi) is 3.13. The van der Waals surface area contributed by atoms with Crippen LogP contribution >= 0.6 is 15.9 Å². The molecule has 0 radical (unpaired) electrons. The van der Waals surface area contributed by atoms with Gasteiger partial charge in [0.2, 0.25) is 5.88 Å². The minimum Gasteiger partial charge on any atom is -0.437 e. The second-order valence-corrected chi connectivity index (χ2v) is 4.77. The lowest BCUT2D eigenvalue weighted by atomic mass is 10.2. The Morgan fingerprint density at radius 3 is 2.79 bits per heavy atom. The maximum atomic E-state index is 13.4. The summed E-state index contributed by atoms with van der Waals surface area (Å²) in [6, 6.07) is 12.1. The van der Waals surface area contributed by atoms with Crippen LogP contribution in [0.5, 0.6) is 11.6 Å². The molecule has 0 saturated carbocycles. The van der Waals surface area contributed by atoms with Crippen molar-refractivity contribution in [2.24, 2.45) is 0 Å². The smallest absolute Gasteiger partial charge is 0.246 e. The fourth-order valence-corrected chi connectivity index (χ4v) is 1.98. The molecule has 3 nitrogen and oxygen atoms in total. The molecular formula is C14H8BrFN2O. The maximum absolute atomic E-state index is 13.4. The standard InChI is InChI=1S/C14H8BrFN2O/c15-12-6-5-10(7-13(12)16)19-14-11-4-2-1-3-9(11)8-17-18-14/h1-8H. The van der Waals surface area contributed by atoms with Crippen molar-refractivity contribution in [2.45, 2.75) is 0 Å². The van der Waals surface area contributed by atoms with E-state index in [2.05, 4.69) is 26.1 Å². The van der Waals surface area contributed by atoms with E-state index in [1.54, 1.807) is 18.3 Å². The first-order valence-corrected chi connectivity index (χ1v) is 6.37. The van der Waals surface area contributed by atoms with Gasteiger partial charge < -0.3 is 4.74 Å². The minimum atomic E-state index is -0.384. The highest BCUT2D eigenvalue weighted by atomic mass is 79.9. The molecule has 2 aromatic carbocycles. The van der Waals surface area contributed by atoms with Gasteiger partial charge in [-0.05, 0) is 34.1 Å². The van der Waals surface area contributed by atoms with Crippen molar-refractivity contribution < 1.29 is 9.13 Å². The van der Waals surface area contributed by atoms with Gasteiger partial charge in [0.1, 0.15) is 11.6 Å². The van der Waals surface area contributed by atoms with Gasteiger partial charge in [-0.2, -0.15) is 5.10 Å². The van der Waals surface area contributed by atoms with Gasteiger partial charge >= 0.3 is 0 Å². The van der Waals surface area contributed by atoms with Crippen LogP contribution < -0.4 is 4.74 Å². The zero-order valence-electron chi connectivity index (χ0n) is 9.68. The molecule has 5 heteroatoms. The number of nitrogens with zero attached hydrogens (tertiary/aromatic N) is 2. The van der Waals surface area contributed by atoms with Crippen LogP contribution in [-0.4, -0.2) is 10.2 Å². The van der Waals surface area contributed by atoms with Crippen LogP contribution in [0.25, 0.3) is 10.8 Å². The summed E-state index contributed by atoms with van der Waals surface area (Å²) in [7, 11) is 0. The molecular weight excluding hydrogens is 311 g/mol. The van der Waals surface area contributed by atoms with Crippen molar-refractivity contribution in [1.82, 2.24) is 10.2 Å². The summed E-state index contributed by atoms with van der Waals surface area (Å²) in [5.41, 5.74) is 0. The van der Waals surface area contributed by atoms with Gasteiger partial charge in [0, 0.05) is 16.8 Å². The van der Waals surface area contributed by atoms with E-state index in [0.29, 0.717) is 16.1 Å². The van der Waals surface area contributed by atoms with Crippen LogP contribution in [0.4, 0.5) is 4.39 Å². The van der Waals surface area contributed by atoms with E-state index in [9.17, 15) is 4.39 Å². The van der Waals surface area contributed by atoms with Crippen LogP contribution in [0.1, 0.15) is 0 Å². The van der Waals surface area contributed by atoms with Gasteiger partial charge in [-0.1, -0.05) is 18.2 Å². The first-order valence-electron chi connectivity index (χ1n) is 5.57. The summed E-state index contributed by atoms with van der Waals surface area (Å²) < 4.78 is 19.4. The zero-order valence-corrected chi connectivity index (χ0v) is 11.3. The Labute approximate surface area is 117 Å². The van der Waals surface area contributed by atoms with Crippen LogP contribution in [0, 0.1) is 5.82 Å². The number of rotatable bonds is 2. The second kappa shape index (κ2) is 4.93. The van der Waals surface area contributed by atoms with Crippen LogP contribution in [0.2, 0.25) is 0 Å². The molecule has 3 rings (SSSR count). The normalized spacial score (nSPS) is 10.6. The van der Waals surface area contributed by atoms with Crippen molar-refractivity contribution in [3.8, 4) is 11.6 Å². The fourth-order valence-electron chi connectivity index (χ4n) is 1.73. The first-order chi connectivity index (χ1) is 9.24. The predicted molar refractivity (Wildman–Crippen MR) is 73.7 cm³/mol. The van der Waals surface area contributed by atoms with E-state index < -0.39 is 0 Å². The molecule has 0 fully saturated rings. The van der Waals surface area contributed by atoms with Crippen molar-refractivity contribution in [3.05, 3.63) is 59.0 Å². The molecule has 0 atom stereocenters. The highest BCUT2D eigenvalue weighted by Crippen LogP contribution is 2.28. The maximum Gasteiger partial charge on any atom is 0.246 e. The molecule has 1 aromatic heterocycles. The summed E-state index contributed by atoms with van der Waals surface area (Å²) in [6.45, 7) is 0. The Morgan fingerprint density at radius 2 is 1.95 bits per heavy atom. The average Bonchev–Trinajstić information content (AvgIpc) is 2.43. The third-order valence-corrected chi connectivity index (χ3v) is 3.29. The molecule has 0 aliphatic rings.